The Labute approximate surface area is 137 Å². The first-order valence-electron chi connectivity index (χ1n) is 7.49. The molecule has 4 nitrogen and oxygen atoms in total. The molecule has 0 amide bonds. The molecule has 23 heavy (non-hydrogen) atoms. The highest BCUT2D eigenvalue weighted by molar-refractivity contribution is 5.44. The molecule has 0 saturated carbocycles. The van der Waals surface area contributed by atoms with Crippen molar-refractivity contribution in [2.24, 2.45) is 0 Å². The van der Waals surface area contributed by atoms with Crippen LogP contribution in [-0.4, -0.2) is 20.8 Å². The predicted molar refractivity (Wildman–Crippen MR) is 89.2 cm³/mol. The molecule has 120 valence electrons. The molecule has 2 aromatic carbocycles. The Morgan fingerprint density at radius 2 is 1.83 bits per heavy atom. The summed E-state index contributed by atoms with van der Waals surface area (Å²) in [6.45, 7) is 2.46. The van der Waals surface area contributed by atoms with Gasteiger partial charge in [-0.3, -0.25) is 0 Å². The van der Waals surface area contributed by atoms with Gasteiger partial charge in [-0.2, -0.15) is 5.26 Å². The van der Waals surface area contributed by atoms with Crippen LogP contribution in [0.15, 0.2) is 42.5 Å². The lowest BCUT2D eigenvalue weighted by Gasteiger charge is -2.16. The molecular formula is C19H21NO3. The number of nitriles is 1. The number of rotatable bonds is 7. The topological polar surface area (TPSA) is 51.5 Å². The van der Waals surface area contributed by atoms with E-state index in [1.165, 1.54) is 0 Å². The summed E-state index contributed by atoms with van der Waals surface area (Å²) in [5.41, 5.74) is 1.91. The number of nitrogens with zero attached hydrogens (tertiary/aromatic N) is 1. The molecule has 0 spiro atoms. The average Bonchev–Trinajstić information content (AvgIpc) is 2.59. The quantitative estimate of drug-likeness (QED) is 0.773. The highest BCUT2D eigenvalue weighted by atomic mass is 16.5. The average molecular weight is 311 g/mol. The number of hydrogen-bond donors (Lipinski definition) is 0. The van der Waals surface area contributed by atoms with E-state index in [0.717, 1.165) is 16.9 Å². The first-order valence-corrected chi connectivity index (χ1v) is 7.49. The zero-order valence-electron chi connectivity index (χ0n) is 13.7. The zero-order chi connectivity index (χ0) is 16.7. The molecule has 2 aromatic rings. The summed E-state index contributed by atoms with van der Waals surface area (Å²) < 4.78 is 16.4. The summed E-state index contributed by atoms with van der Waals surface area (Å²) in [5.74, 6) is 1.93. The SMILES string of the molecule is COc1ccc(OC)c(C(C#N)CCOc2ccccc2C)c1. The van der Waals surface area contributed by atoms with Crippen LogP contribution >= 0.6 is 0 Å². The summed E-state index contributed by atoms with van der Waals surface area (Å²) in [6.07, 6.45) is 0.578. The number of ether oxygens (including phenoxy) is 3. The van der Waals surface area contributed by atoms with Crippen molar-refractivity contribution in [3.63, 3.8) is 0 Å². The van der Waals surface area contributed by atoms with Gasteiger partial charge in [-0.1, -0.05) is 18.2 Å². The second kappa shape index (κ2) is 8.09. The van der Waals surface area contributed by atoms with E-state index < -0.39 is 0 Å². The van der Waals surface area contributed by atoms with Crippen molar-refractivity contribution in [1.82, 2.24) is 0 Å². The summed E-state index contributed by atoms with van der Waals surface area (Å²) >= 11 is 0. The largest absolute Gasteiger partial charge is 0.497 e. The zero-order valence-corrected chi connectivity index (χ0v) is 13.7. The summed E-state index contributed by atoms with van der Waals surface area (Å²) in [6, 6.07) is 15.7. The highest BCUT2D eigenvalue weighted by Gasteiger charge is 2.17. The maximum Gasteiger partial charge on any atom is 0.123 e. The summed E-state index contributed by atoms with van der Waals surface area (Å²) in [5, 5.41) is 9.51. The highest BCUT2D eigenvalue weighted by Crippen LogP contribution is 2.32. The number of aryl methyl sites for hydroxylation is 1. The van der Waals surface area contributed by atoms with Crippen molar-refractivity contribution in [1.29, 1.82) is 5.26 Å². The Bertz CT molecular complexity index is 691. The van der Waals surface area contributed by atoms with E-state index in [-0.39, 0.29) is 5.92 Å². The smallest absolute Gasteiger partial charge is 0.123 e. The monoisotopic (exact) mass is 311 g/mol. The molecule has 0 aliphatic heterocycles. The third kappa shape index (κ3) is 4.17. The van der Waals surface area contributed by atoms with Gasteiger partial charge in [0.25, 0.3) is 0 Å². The van der Waals surface area contributed by atoms with Crippen LogP contribution < -0.4 is 14.2 Å². The Morgan fingerprint density at radius 1 is 1.04 bits per heavy atom. The van der Waals surface area contributed by atoms with Gasteiger partial charge in [0.15, 0.2) is 0 Å². The molecule has 0 aromatic heterocycles. The van der Waals surface area contributed by atoms with Gasteiger partial charge in [0.1, 0.15) is 17.2 Å². The van der Waals surface area contributed by atoms with Crippen molar-refractivity contribution in [2.75, 3.05) is 20.8 Å². The van der Waals surface area contributed by atoms with E-state index in [0.29, 0.717) is 24.5 Å². The van der Waals surface area contributed by atoms with E-state index in [1.54, 1.807) is 14.2 Å². The van der Waals surface area contributed by atoms with E-state index in [4.69, 9.17) is 14.2 Å². The van der Waals surface area contributed by atoms with Crippen molar-refractivity contribution >= 4 is 0 Å². The molecule has 1 atom stereocenters. The number of para-hydroxylation sites is 1. The van der Waals surface area contributed by atoms with Gasteiger partial charge in [0.2, 0.25) is 0 Å². The van der Waals surface area contributed by atoms with Crippen molar-refractivity contribution in [2.45, 2.75) is 19.3 Å². The Morgan fingerprint density at radius 3 is 2.48 bits per heavy atom. The second-order valence-electron chi connectivity index (χ2n) is 5.19. The van der Waals surface area contributed by atoms with Crippen LogP contribution in [0, 0.1) is 18.3 Å². The fourth-order valence-electron chi connectivity index (χ4n) is 2.41. The van der Waals surface area contributed by atoms with Crippen molar-refractivity contribution < 1.29 is 14.2 Å². The lowest BCUT2D eigenvalue weighted by molar-refractivity contribution is 0.302. The molecule has 4 heteroatoms. The van der Waals surface area contributed by atoms with Crippen LogP contribution in [0.5, 0.6) is 17.2 Å². The van der Waals surface area contributed by atoms with Crippen molar-refractivity contribution in [3.05, 3.63) is 53.6 Å². The molecule has 0 heterocycles. The number of methoxy groups -OCH3 is 2. The fourth-order valence-corrected chi connectivity index (χ4v) is 2.41. The molecule has 0 radical (unpaired) electrons. The lowest BCUT2D eigenvalue weighted by atomic mass is 9.96. The maximum atomic E-state index is 9.51. The van der Waals surface area contributed by atoms with Crippen LogP contribution in [0.1, 0.15) is 23.5 Å². The normalized spacial score (nSPS) is 11.4. The minimum absolute atomic E-state index is 0.316. The van der Waals surface area contributed by atoms with E-state index in [2.05, 4.69) is 6.07 Å². The lowest BCUT2D eigenvalue weighted by Crippen LogP contribution is -2.07. The van der Waals surface area contributed by atoms with E-state index in [9.17, 15) is 5.26 Å². The third-order valence-electron chi connectivity index (χ3n) is 3.73. The van der Waals surface area contributed by atoms with Gasteiger partial charge in [-0.05, 0) is 36.8 Å². The minimum atomic E-state index is -0.316. The van der Waals surface area contributed by atoms with Crippen molar-refractivity contribution in [3.8, 4) is 23.3 Å². The summed E-state index contributed by atoms with van der Waals surface area (Å²) in [4.78, 5) is 0. The molecule has 0 N–H and O–H groups in total. The Kier molecular flexibility index (Phi) is 5.87. The number of hydrogen-bond acceptors (Lipinski definition) is 4. The third-order valence-corrected chi connectivity index (χ3v) is 3.73. The standard InChI is InChI=1S/C19H21NO3/c1-14-6-4-5-7-18(14)23-11-10-15(13-20)17-12-16(21-2)8-9-19(17)22-3/h4-9,12,15H,10-11H2,1-3H3. The Balaban J connectivity index is 2.08. The first-order chi connectivity index (χ1) is 11.2. The minimum Gasteiger partial charge on any atom is -0.497 e. The number of benzene rings is 2. The molecule has 0 saturated heterocycles. The Hall–Kier alpha value is -2.67. The van der Waals surface area contributed by atoms with Crippen LogP contribution in [0.3, 0.4) is 0 Å². The van der Waals surface area contributed by atoms with Crippen LogP contribution in [0.2, 0.25) is 0 Å². The molecule has 0 bridgehead atoms. The molecule has 2 rings (SSSR count). The van der Waals surface area contributed by atoms with Gasteiger partial charge in [0.05, 0.1) is 32.8 Å². The molecule has 0 fully saturated rings. The molecule has 0 aliphatic carbocycles. The van der Waals surface area contributed by atoms with E-state index >= 15 is 0 Å². The predicted octanol–water partition coefficient (Wildman–Crippen LogP) is 4.09. The summed E-state index contributed by atoms with van der Waals surface area (Å²) in [7, 11) is 3.21. The van der Waals surface area contributed by atoms with Gasteiger partial charge < -0.3 is 14.2 Å². The van der Waals surface area contributed by atoms with Gasteiger partial charge in [0, 0.05) is 12.0 Å². The van der Waals surface area contributed by atoms with Crippen LogP contribution in [0.4, 0.5) is 0 Å². The van der Waals surface area contributed by atoms with Gasteiger partial charge in [-0.25, -0.2) is 0 Å². The molecular weight excluding hydrogens is 290 g/mol. The molecule has 1 unspecified atom stereocenters. The van der Waals surface area contributed by atoms with E-state index in [1.807, 2.05) is 49.4 Å². The fraction of sp³-hybridized carbons (Fsp3) is 0.316. The molecule has 0 aliphatic rings. The van der Waals surface area contributed by atoms with Crippen LogP contribution in [0.25, 0.3) is 0 Å². The van der Waals surface area contributed by atoms with Gasteiger partial charge in [-0.15, -0.1) is 0 Å². The van der Waals surface area contributed by atoms with Crippen LogP contribution in [-0.2, 0) is 0 Å². The first kappa shape index (κ1) is 16.7. The second-order valence-corrected chi connectivity index (χ2v) is 5.19. The maximum absolute atomic E-state index is 9.51. The van der Waals surface area contributed by atoms with Gasteiger partial charge >= 0.3 is 0 Å².